The maximum atomic E-state index is 14.9. The highest BCUT2D eigenvalue weighted by Crippen LogP contribution is 2.34. The molecule has 1 aromatic carbocycles. The molecule has 1 aliphatic carbocycles. The molecule has 0 saturated heterocycles. The highest BCUT2D eigenvalue weighted by Gasteiger charge is 2.21. The lowest BCUT2D eigenvalue weighted by Crippen LogP contribution is -2.15. The van der Waals surface area contributed by atoms with Crippen molar-refractivity contribution in [3.05, 3.63) is 41.7 Å². The monoisotopic (exact) mass is 468 g/mol. The number of hydrogen-bond acceptors (Lipinski definition) is 3. The summed E-state index contributed by atoms with van der Waals surface area (Å²) in [5, 5.41) is 8.35. The quantitative estimate of drug-likeness (QED) is 0.245. The first-order valence-electron chi connectivity index (χ1n) is 13.9. The molecule has 1 heterocycles. The van der Waals surface area contributed by atoms with Crippen molar-refractivity contribution in [3.63, 3.8) is 0 Å². The minimum Gasteiger partial charge on any atom is -0.477 e. The third-order valence-corrected chi connectivity index (χ3v) is 7.47. The Morgan fingerprint density at radius 2 is 1.50 bits per heavy atom. The Kier molecular flexibility index (Phi) is 11.8. The van der Waals surface area contributed by atoms with Gasteiger partial charge in [-0.3, -0.25) is 0 Å². The molecule has 3 nitrogen and oxygen atoms in total. The molecule has 1 aliphatic rings. The summed E-state index contributed by atoms with van der Waals surface area (Å²) < 4.78 is 20.5. The van der Waals surface area contributed by atoms with Crippen LogP contribution in [0.25, 0.3) is 11.3 Å². The highest BCUT2D eigenvalue weighted by molar-refractivity contribution is 5.60. The normalized spacial score (nSPS) is 18.2. The molecular weight excluding hydrogens is 423 g/mol. The molecule has 0 unspecified atom stereocenters. The standard InChI is InChI=1S/C30H45FN2O/c1-3-5-7-8-10-22-34-30-21-20-29(32-33-30)27-19-18-26(23-28(27)31)17-16-25-14-12-24(13-15-25)11-9-6-4-2/h18-21,23-25H,3-17,22H2,1-2H3. The number of aryl methyl sites for hydroxylation is 1. The highest BCUT2D eigenvalue weighted by atomic mass is 19.1. The van der Waals surface area contributed by atoms with E-state index in [1.54, 1.807) is 18.2 Å². The molecule has 4 heteroatoms. The number of benzene rings is 1. The molecule has 1 aromatic heterocycles. The molecule has 0 amide bonds. The van der Waals surface area contributed by atoms with Crippen molar-refractivity contribution >= 4 is 0 Å². The molecule has 0 bridgehead atoms. The van der Waals surface area contributed by atoms with Gasteiger partial charge >= 0.3 is 0 Å². The van der Waals surface area contributed by atoms with Crippen LogP contribution in [0.3, 0.4) is 0 Å². The number of halogens is 1. The second-order valence-corrected chi connectivity index (χ2v) is 10.3. The first-order valence-corrected chi connectivity index (χ1v) is 13.9. The smallest absolute Gasteiger partial charge is 0.233 e. The summed E-state index contributed by atoms with van der Waals surface area (Å²) in [5.74, 6) is 2.05. The van der Waals surface area contributed by atoms with Gasteiger partial charge in [0.2, 0.25) is 5.88 Å². The number of nitrogens with zero attached hydrogens (tertiary/aromatic N) is 2. The predicted octanol–water partition coefficient (Wildman–Crippen LogP) is 8.95. The van der Waals surface area contributed by atoms with Gasteiger partial charge in [0, 0.05) is 11.6 Å². The van der Waals surface area contributed by atoms with Crippen LogP contribution in [-0.2, 0) is 6.42 Å². The van der Waals surface area contributed by atoms with Crippen LogP contribution in [0.5, 0.6) is 5.88 Å². The van der Waals surface area contributed by atoms with Crippen LogP contribution in [0.15, 0.2) is 30.3 Å². The fourth-order valence-electron chi connectivity index (χ4n) is 5.21. The van der Waals surface area contributed by atoms with Crippen molar-refractivity contribution < 1.29 is 9.13 Å². The van der Waals surface area contributed by atoms with Gasteiger partial charge in [-0.1, -0.05) is 97.0 Å². The summed E-state index contributed by atoms with van der Waals surface area (Å²) in [6.45, 7) is 5.15. The van der Waals surface area contributed by atoms with E-state index in [9.17, 15) is 4.39 Å². The van der Waals surface area contributed by atoms with E-state index in [0.29, 0.717) is 23.7 Å². The van der Waals surface area contributed by atoms with E-state index in [0.717, 1.165) is 30.2 Å². The van der Waals surface area contributed by atoms with E-state index in [4.69, 9.17) is 4.74 Å². The third-order valence-electron chi connectivity index (χ3n) is 7.47. The number of unbranched alkanes of at least 4 members (excludes halogenated alkanes) is 6. The van der Waals surface area contributed by atoms with Crippen LogP contribution in [0, 0.1) is 17.7 Å². The van der Waals surface area contributed by atoms with Crippen molar-refractivity contribution in [2.75, 3.05) is 6.61 Å². The Balaban J connectivity index is 1.41. The van der Waals surface area contributed by atoms with Crippen LogP contribution < -0.4 is 4.74 Å². The molecule has 0 radical (unpaired) electrons. The molecular formula is C30H45FN2O. The maximum absolute atomic E-state index is 14.9. The molecule has 0 N–H and O–H groups in total. The summed E-state index contributed by atoms with van der Waals surface area (Å²) in [6, 6.07) is 9.19. The Morgan fingerprint density at radius 3 is 2.18 bits per heavy atom. The van der Waals surface area contributed by atoms with Crippen molar-refractivity contribution in [2.24, 2.45) is 11.8 Å². The Bertz CT molecular complexity index is 815. The zero-order valence-corrected chi connectivity index (χ0v) is 21.5. The summed E-state index contributed by atoms with van der Waals surface area (Å²) in [4.78, 5) is 0. The lowest BCUT2D eigenvalue weighted by Gasteiger charge is -2.28. The maximum Gasteiger partial charge on any atom is 0.233 e. The summed E-state index contributed by atoms with van der Waals surface area (Å²) in [5.41, 5.74) is 2.15. The van der Waals surface area contributed by atoms with Crippen molar-refractivity contribution in [1.29, 1.82) is 0 Å². The van der Waals surface area contributed by atoms with Gasteiger partial charge in [-0.2, -0.15) is 0 Å². The molecule has 34 heavy (non-hydrogen) atoms. The first-order chi connectivity index (χ1) is 16.7. The largest absolute Gasteiger partial charge is 0.477 e. The van der Waals surface area contributed by atoms with Gasteiger partial charge in [0.25, 0.3) is 0 Å². The minimum absolute atomic E-state index is 0.212. The van der Waals surface area contributed by atoms with E-state index in [-0.39, 0.29) is 5.82 Å². The number of ether oxygens (including phenoxy) is 1. The summed E-state index contributed by atoms with van der Waals surface area (Å²) in [6.07, 6.45) is 19.1. The Morgan fingerprint density at radius 1 is 0.794 bits per heavy atom. The Hall–Kier alpha value is -1.97. The fraction of sp³-hybridized carbons (Fsp3) is 0.667. The predicted molar refractivity (Wildman–Crippen MR) is 140 cm³/mol. The SMILES string of the molecule is CCCCCCCOc1ccc(-c2ccc(CCC3CCC(CCCCC)CC3)cc2F)nn1. The minimum atomic E-state index is -0.212. The number of hydrogen-bond donors (Lipinski definition) is 0. The average molecular weight is 469 g/mol. The van der Waals surface area contributed by atoms with Crippen molar-refractivity contribution in [2.45, 2.75) is 110 Å². The molecule has 188 valence electrons. The molecule has 3 rings (SSSR count). The van der Waals surface area contributed by atoms with Crippen LogP contribution >= 0.6 is 0 Å². The van der Waals surface area contributed by atoms with Gasteiger partial charge in [0.1, 0.15) is 5.82 Å². The van der Waals surface area contributed by atoms with E-state index < -0.39 is 0 Å². The van der Waals surface area contributed by atoms with Gasteiger partial charge in [-0.15, -0.1) is 10.2 Å². The molecule has 1 saturated carbocycles. The summed E-state index contributed by atoms with van der Waals surface area (Å²) in [7, 11) is 0. The van der Waals surface area contributed by atoms with Crippen LogP contribution in [0.2, 0.25) is 0 Å². The van der Waals surface area contributed by atoms with E-state index in [1.807, 2.05) is 6.07 Å². The zero-order chi connectivity index (χ0) is 24.0. The van der Waals surface area contributed by atoms with Gasteiger partial charge in [-0.05, 0) is 54.9 Å². The van der Waals surface area contributed by atoms with Crippen molar-refractivity contribution in [3.8, 4) is 17.1 Å². The van der Waals surface area contributed by atoms with E-state index >= 15 is 0 Å². The van der Waals surface area contributed by atoms with Gasteiger partial charge in [0.15, 0.2) is 0 Å². The first kappa shape index (κ1) is 26.6. The van der Waals surface area contributed by atoms with Gasteiger partial charge in [-0.25, -0.2) is 4.39 Å². The van der Waals surface area contributed by atoms with E-state index in [2.05, 4.69) is 30.1 Å². The summed E-state index contributed by atoms with van der Waals surface area (Å²) >= 11 is 0. The molecule has 1 fully saturated rings. The fourth-order valence-corrected chi connectivity index (χ4v) is 5.21. The molecule has 0 aliphatic heterocycles. The Labute approximate surface area is 206 Å². The van der Waals surface area contributed by atoms with Crippen LogP contribution in [0.4, 0.5) is 4.39 Å². The lowest BCUT2D eigenvalue weighted by atomic mass is 9.78. The number of rotatable bonds is 15. The number of aromatic nitrogens is 2. The van der Waals surface area contributed by atoms with Gasteiger partial charge < -0.3 is 4.74 Å². The average Bonchev–Trinajstić information content (AvgIpc) is 2.86. The van der Waals surface area contributed by atoms with Crippen LogP contribution in [0.1, 0.15) is 109 Å². The zero-order valence-electron chi connectivity index (χ0n) is 21.5. The molecule has 0 atom stereocenters. The van der Waals surface area contributed by atoms with Gasteiger partial charge in [0.05, 0.1) is 12.3 Å². The molecule has 2 aromatic rings. The van der Waals surface area contributed by atoms with Crippen molar-refractivity contribution in [1.82, 2.24) is 10.2 Å². The second-order valence-electron chi connectivity index (χ2n) is 10.3. The third kappa shape index (κ3) is 9.00. The van der Waals surface area contributed by atoms with Crippen LogP contribution in [-0.4, -0.2) is 16.8 Å². The van der Waals surface area contributed by atoms with E-state index in [1.165, 1.54) is 83.5 Å². The molecule has 0 spiro atoms. The lowest BCUT2D eigenvalue weighted by molar-refractivity contribution is 0.249. The second kappa shape index (κ2) is 15.1. The topological polar surface area (TPSA) is 35.0 Å².